The lowest BCUT2D eigenvalue weighted by molar-refractivity contribution is -0.136. The summed E-state index contributed by atoms with van der Waals surface area (Å²) in [7, 11) is 0. The van der Waals surface area contributed by atoms with Gasteiger partial charge in [0.05, 0.1) is 6.42 Å². The van der Waals surface area contributed by atoms with Crippen molar-refractivity contribution in [2.24, 2.45) is 5.73 Å². The molecule has 0 radical (unpaired) electrons. The molecule has 8 heteroatoms. The van der Waals surface area contributed by atoms with Crippen LogP contribution in [-0.2, 0) is 0 Å². The van der Waals surface area contributed by atoms with Gasteiger partial charge in [-0.05, 0) is 19.9 Å². The van der Waals surface area contributed by atoms with E-state index in [1.165, 1.54) is 6.92 Å². The minimum Gasteiger partial charge on any atom is -0.388 e. The molecule has 0 fully saturated rings. The highest BCUT2D eigenvalue weighted by atomic mass is 32.1. The highest BCUT2D eigenvalue weighted by molar-refractivity contribution is 7.80. The Morgan fingerprint density at radius 1 is 1.50 bits per heavy atom. The molecule has 100 valence electrons. The molecule has 0 saturated carbocycles. The minimum absolute atomic E-state index is 0.0759. The molecule has 0 aliphatic rings. The summed E-state index contributed by atoms with van der Waals surface area (Å²) in [4.78, 5) is 8.00. The second kappa shape index (κ2) is 5.47. The number of hydrogen-bond acceptors (Lipinski definition) is 4. The predicted octanol–water partition coefficient (Wildman–Crippen LogP) is 2.17. The molecule has 0 aromatic carbocycles. The van der Waals surface area contributed by atoms with Gasteiger partial charge in [-0.2, -0.15) is 13.2 Å². The number of hydrogen-bond donors (Lipinski definition) is 2. The molecule has 0 amide bonds. The Morgan fingerprint density at radius 2 is 2.11 bits per heavy atom. The largest absolute Gasteiger partial charge is 0.391 e. The van der Waals surface area contributed by atoms with E-state index < -0.39 is 18.6 Å². The zero-order valence-corrected chi connectivity index (χ0v) is 10.7. The molecule has 0 bridgehead atoms. The zero-order valence-electron chi connectivity index (χ0n) is 9.88. The normalized spacial score (nSPS) is 13.2. The van der Waals surface area contributed by atoms with Crippen molar-refractivity contribution >= 4 is 23.2 Å². The topological polar surface area (TPSA) is 63.8 Å². The van der Waals surface area contributed by atoms with Crippen LogP contribution in [0.25, 0.3) is 0 Å². The Bertz CT molecular complexity index is 447. The molecule has 4 nitrogen and oxygen atoms in total. The fraction of sp³-hybridized carbons (Fsp3) is 0.500. The van der Waals surface area contributed by atoms with E-state index in [9.17, 15) is 13.2 Å². The maximum absolute atomic E-state index is 12.2. The van der Waals surface area contributed by atoms with Crippen molar-refractivity contribution in [3.63, 3.8) is 0 Å². The second-order valence-corrected chi connectivity index (χ2v) is 4.39. The number of nitrogens with zero attached hydrogens (tertiary/aromatic N) is 2. The predicted molar refractivity (Wildman–Crippen MR) is 66.4 cm³/mol. The summed E-state index contributed by atoms with van der Waals surface area (Å²) < 4.78 is 36.5. The maximum Gasteiger partial charge on any atom is 0.391 e. The van der Waals surface area contributed by atoms with E-state index in [-0.39, 0.29) is 10.9 Å². The highest BCUT2D eigenvalue weighted by Crippen LogP contribution is 2.22. The first-order valence-corrected chi connectivity index (χ1v) is 5.57. The Kier molecular flexibility index (Phi) is 4.44. The van der Waals surface area contributed by atoms with Crippen LogP contribution in [0.3, 0.4) is 0 Å². The molecule has 0 spiro atoms. The van der Waals surface area contributed by atoms with Crippen molar-refractivity contribution in [3.05, 3.63) is 17.5 Å². The molecule has 18 heavy (non-hydrogen) atoms. The van der Waals surface area contributed by atoms with Gasteiger partial charge in [0.25, 0.3) is 0 Å². The van der Waals surface area contributed by atoms with Crippen LogP contribution in [0.1, 0.15) is 24.7 Å². The lowest BCUT2D eigenvalue weighted by atomic mass is 10.2. The number of nitrogens with two attached hydrogens (primary N) is 1. The third-order valence-electron chi connectivity index (χ3n) is 2.02. The number of rotatable bonds is 4. The smallest absolute Gasteiger partial charge is 0.388 e. The minimum atomic E-state index is -4.23. The van der Waals surface area contributed by atoms with E-state index in [0.717, 1.165) is 0 Å². The monoisotopic (exact) mass is 278 g/mol. The first-order chi connectivity index (χ1) is 8.17. The van der Waals surface area contributed by atoms with E-state index in [4.69, 9.17) is 18.0 Å². The van der Waals surface area contributed by atoms with Crippen LogP contribution in [0.2, 0.25) is 0 Å². The number of alkyl halides is 3. The van der Waals surface area contributed by atoms with Gasteiger partial charge in [0, 0.05) is 11.7 Å². The molecular formula is C10H13F3N4S. The second-order valence-electron chi connectivity index (χ2n) is 3.95. The quantitative estimate of drug-likeness (QED) is 0.826. The van der Waals surface area contributed by atoms with Gasteiger partial charge in [0.1, 0.15) is 10.7 Å². The van der Waals surface area contributed by atoms with Crippen LogP contribution in [0.5, 0.6) is 0 Å². The van der Waals surface area contributed by atoms with Gasteiger partial charge in [-0.25, -0.2) is 9.97 Å². The summed E-state index contributed by atoms with van der Waals surface area (Å²) in [6.07, 6.45) is -5.20. The van der Waals surface area contributed by atoms with Gasteiger partial charge >= 0.3 is 6.18 Å². The van der Waals surface area contributed by atoms with Crippen molar-refractivity contribution in [1.82, 2.24) is 9.97 Å². The Hall–Kier alpha value is -1.44. The van der Waals surface area contributed by atoms with Gasteiger partial charge < -0.3 is 11.1 Å². The summed E-state index contributed by atoms with van der Waals surface area (Å²) in [5.74, 6) is 0.0922. The molecule has 3 N–H and O–H groups in total. The Balaban J connectivity index is 2.81. The summed E-state index contributed by atoms with van der Waals surface area (Å²) in [6, 6.07) is 0.744. The molecule has 1 atom stereocenters. The van der Waals surface area contributed by atoms with Crippen LogP contribution in [-0.4, -0.2) is 27.2 Å². The number of halogens is 3. The molecular weight excluding hydrogens is 265 g/mol. The van der Waals surface area contributed by atoms with E-state index >= 15 is 0 Å². The van der Waals surface area contributed by atoms with E-state index in [0.29, 0.717) is 11.4 Å². The number of aryl methyl sites for hydroxylation is 1. The molecule has 1 unspecified atom stereocenters. The molecule has 1 aromatic heterocycles. The van der Waals surface area contributed by atoms with Crippen LogP contribution >= 0.6 is 12.2 Å². The SMILES string of the molecule is Cc1cc(C(N)=S)nc(NC(C)CC(F)(F)F)n1. The van der Waals surface area contributed by atoms with E-state index in [1.54, 1.807) is 13.0 Å². The molecule has 1 aromatic rings. The molecule has 0 aliphatic heterocycles. The fourth-order valence-electron chi connectivity index (χ4n) is 1.38. The average Bonchev–Trinajstić information content (AvgIpc) is 2.12. The fourth-order valence-corrected chi connectivity index (χ4v) is 1.48. The maximum atomic E-state index is 12.2. The molecule has 1 heterocycles. The lowest BCUT2D eigenvalue weighted by Crippen LogP contribution is -2.25. The van der Waals surface area contributed by atoms with Gasteiger partial charge in [-0.3, -0.25) is 0 Å². The zero-order chi connectivity index (χ0) is 13.9. The Morgan fingerprint density at radius 3 is 2.61 bits per heavy atom. The third-order valence-corrected chi connectivity index (χ3v) is 2.23. The Labute approximate surface area is 108 Å². The van der Waals surface area contributed by atoms with Crippen molar-refractivity contribution in [2.45, 2.75) is 32.5 Å². The van der Waals surface area contributed by atoms with Crippen LogP contribution in [0.4, 0.5) is 19.1 Å². The van der Waals surface area contributed by atoms with Gasteiger partial charge in [-0.15, -0.1) is 0 Å². The van der Waals surface area contributed by atoms with Crippen LogP contribution in [0.15, 0.2) is 6.07 Å². The first-order valence-electron chi connectivity index (χ1n) is 5.16. The molecule has 0 aliphatic carbocycles. The van der Waals surface area contributed by atoms with Crippen molar-refractivity contribution in [1.29, 1.82) is 0 Å². The number of nitrogens with one attached hydrogen (secondary N) is 1. The summed E-state index contributed by atoms with van der Waals surface area (Å²) in [5.41, 5.74) is 6.33. The summed E-state index contributed by atoms with van der Waals surface area (Å²) in [5, 5.41) is 2.58. The van der Waals surface area contributed by atoms with Crippen molar-refractivity contribution < 1.29 is 13.2 Å². The van der Waals surface area contributed by atoms with Gasteiger partial charge in [0.15, 0.2) is 0 Å². The van der Waals surface area contributed by atoms with Crippen molar-refractivity contribution in [2.75, 3.05) is 5.32 Å². The first kappa shape index (κ1) is 14.6. The lowest BCUT2D eigenvalue weighted by Gasteiger charge is -2.16. The molecule has 1 rings (SSSR count). The van der Waals surface area contributed by atoms with E-state index in [2.05, 4.69) is 15.3 Å². The van der Waals surface area contributed by atoms with Crippen molar-refractivity contribution in [3.8, 4) is 0 Å². The van der Waals surface area contributed by atoms with Gasteiger partial charge in [-0.1, -0.05) is 12.2 Å². The standard InChI is InChI=1S/C10H13F3N4S/c1-5-3-7(8(14)18)17-9(15-5)16-6(2)4-10(11,12)13/h3,6H,4H2,1-2H3,(H2,14,18)(H,15,16,17). The summed E-state index contributed by atoms with van der Waals surface area (Å²) in [6.45, 7) is 3.09. The number of anilines is 1. The summed E-state index contributed by atoms with van der Waals surface area (Å²) >= 11 is 4.76. The average molecular weight is 278 g/mol. The number of aromatic nitrogens is 2. The van der Waals surface area contributed by atoms with Gasteiger partial charge in [0.2, 0.25) is 5.95 Å². The third kappa shape index (κ3) is 4.82. The van der Waals surface area contributed by atoms with Crippen LogP contribution in [0, 0.1) is 6.92 Å². The molecule has 0 saturated heterocycles. The highest BCUT2D eigenvalue weighted by Gasteiger charge is 2.30. The number of thiocarbonyl (C=S) groups is 1. The van der Waals surface area contributed by atoms with E-state index in [1.807, 2.05) is 0 Å². The van der Waals surface area contributed by atoms with Crippen LogP contribution < -0.4 is 11.1 Å².